The Morgan fingerprint density at radius 2 is 2.41 bits per heavy atom. The van der Waals surface area contributed by atoms with Gasteiger partial charge in [0.25, 0.3) is 0 Å². The molecule has 0 atom stereocenters. The third-order valence-corrected chi connectivity index (χ3v) is 2.69. The van der Waals surface area contributed by atoms with Gasteiger partial charge < -0.3 is 5.32 Å². The molecule has 7 heteroatoms. The predicted molar refractivity (Wildman–Crippen MR) is 64.7 cm³/mol. The second-order valence-electron chi connectivity index (χ2n) is 3.26. The molecule has 1 amide bonds. The summed E-state index contributed by atoms with van der Waals surface area (Å²) in [6, 6.07) is 5.34. The van der Waals surface area contributed by atoms with Gasteiger partial charge in [-0.3, -0.25) is 9.89 Å². The lowest BCUT2D eigenvalue weighted by molar-refractivity contribution is -0.113. The molecule has 0 fully saturated rings. The number of nitrogens with one attached hydrogen (secondary N) is 2. The molecule has 2 aromatic rings. The number of aromatic amines is 1. The van der Waals surface area contributed by atoms with Crippen LogP contribution in [-0.4, -0.2) is 31.8 Å². The SMILES string of the molecule is Cc1nc(SCC(=O)Nc2ccccn2)n[nH]1. The maximum Gasteiger partial charge on any atom is 0.236 e. The van der Waals surface area contributed by atoms with Crippen molar-refractivity contribution in [2.24, 2.45) is 0 Å². The normalized spacial score (nSPS) is 10.2. The average molecular weight is 249 g/mol. The minimum atomic E-state index is -0.129. The van der Waals surface area contributed by atoms with E-state index < -0.39 is 0 Å². The summed E-state index contributed by atoms with van der Waals surface area (Å²) < 4.78 is 0. The Bertz CT molecular complexity index is 498. The molecular weight excluding hydrogens is 238 g/mol. The summed E-state index contributed by atoms with van der Waals surface area (Å²) in [7, 11) is 0. The number of aromatic nitrogens is 4. The maximum atomic E-state index is 11.6. The van der Waals surface area contributed by atoms with E-state index in [1.807, 2.05) is 13.0 Å². The number of hydrogen-bond acceptors (Lipinski definition) is 5. The van der Waals surface area contributed by atoms with Crippen molar-refractivity contribution in [3.8, 4) is 0 Å². The molecule has 0 bridgehead atoms. The summed E-state index contributed by atoms with van der Waals surface area (Å²) in [6.07, 6.45) is 1.63. The van der Waals surface area contributed by atoms with Crippen LogP contribution in [0.2, 0.25) is 0 Å². The van der Waals surface area contributed by atoms with Gasteiger partial charge >= 0.3 is 0 Å². The highest BCUT2D eigenvalue weighted by molar-refractivity contribution is 7.99. The van der Waals surface area contributed by atoms with Crippen molar-refractivity contribution in [3.63, 3.8) is 0 Å². The highest BCUT2D eigenvalue weighted by Gasteiger charge is 2.06. The molecule has 2 N–H and O–H groups in total. The monoisotopic (exact) mass is 249 g/mol. The molecule has 88 valence electrons. The first-order valence-electron chi connectivity index (χ1n) is 4.97. The van der Waals surface area contributed by atoms with E-state index in [1.54, 1.807) is 18.3 Å². The van der Waals surface area contributed by atoms with Crippen LogP contribution >= 0.6 is 11.8 Å². The van der Waals surface area contributed by atoms with Crippen molar-refractivity contribution in [2.45, 2.75) is 12.1 Å². The number of anilines is 1. The van der Waals surface area contributed by atoms with Crippen molar-refractivity contribution in [1.82, 2.24) is 20.2 Å². The van der Waals surface area contributed by atoms with Crippen molar-refractivity contribution in [2.75, 3.05) is 11.1 Å². The van der Waals surface area contributed by atoms with Crippen LogP contribution < -0.4 is 5.32 Å². The Balaban J connectivity index is 1.82. The number of carbonyl (C=O) groups is 1. The topological polar surface area (TPSA) is 83.6 Å². The van der Waals surface area contributed by atoms with E-state index in [0.717, 1.165) is 5.82 Å². The lowest BCUT2D eigenvalue weighted by atomic mass is 10.4. The van der Waals surface area contributed by atoms with E-state index in [1.165, 1.54) is 11.8 Å². The summed E-state index contributed by atoms with van der Waals surface area (Å²) in [6.45, 7) is 1.81. The Morgan fingerprint density at radius 1 is 1.53 bits per heavy atom. The lowest BCUT2D eigenvalue weighted by Crippen LogP contribution is -2.14. The van der Waals surface area contributed by atoms with Crippen LogP contribution in [0.1, 0.15) is 5.82 Å². The number of aryl methyl sites for hydroxylation is 1. The highest BCUT2D eigenvalue weighted by atomic mass is 32.2. The number of carbonyl (C=O) groups excluding carboxylic acids is 1. The highest BCUT2D eigenvalue weighted by Crippen LogP contribution is 2.12. The first-order chi connectivity index (χ1) is 8.24. The standard InChI is InChI=1S/C10H11N5OS/c1-7-12-10(15-14-7)17-6-9(16)13-8-4-2-3-5-11-8/h2-5H,6H2,1H3,(H,11,13,16)(H,12,14,15). The molecule has 0 saturated carbocycles. The van der Waals surface area contributed by atoms with Gasteiger partial charge in [0, 0.05) is 6.20 Å². The number of hydrogen-bond donors (Lipinski definition) is 2. The Hall–Kier alpha value is -1.89. The third kappa shape index (κ3) is 3.56. The van der Waals surface area contributed by atoms with Crippen LogP contribution in [0.15, 0.2) is 29.6 Å². The van der Waals surface area contributed by atoms with Crippen molar-refractivity contribution < 1.29 is 4.79 Å². The molecule has 0 unspecified atom stereocenters. The fourth-order valence-electron chi connectivity index (χ4n) is 1.13. The quantitative estimate of drug-likeness (QED) is 0.796. The van der Waals surface area contributed by atoms with Gasteiger partial charge in [-0.1, -0.05) is 17.8 Å². The van der Waals surface area contributed by atoms with Crippen molar-refractivity contribution in [3.05, 3.63) is 30.2 Å². The molecule has 2 aromatic heterocycles. The van der Waals surface area contributed by atoms with Gasteiger partial charge in [-0.25, -0.2) is 9.97 Å². The van der Waals surface area contributed by atoms with Crippen LogP contribution in [0.4, 0.5) is 5.82 Å². The summed E-state index contributed by atoms with van der Waals surface area (Å²) in [5.41, 5.74) is 0. The Morgan fingerprint density at radius 3 is 3.06 bits per heavy atom. The van der Waals surface area contributed by atoms with Crippen LogP contribution in [0.25, 0.3) is 0 Å². The molecule has 2 rings (SSSR count). The molecular formula is C10H11N5OS. The second-order valence-corrected chi connectivity index (χ2v) is 4.20. The minimum absolute atomic E-state index is 0.129. The summed E-state index contributed by atoms with van der Waals surface area (Å²) in [5.74, 6) is 1.41. The van der Waals surface area contributed by atoms with Crippen LogP contribution in [0.5, 0.6) is 0 Å². The van der Waals surface area contributed by atoms with E-state index >= 15 is 0 Å². The molecule has 0 aliphatic rings. The van der Waals surface area contributed by atoms with Gasteiger partial charge in [0.2, 0.25) is 11.1 Å². The zero-order valence-electron chi connectivity index (χ0n) is 9.17. The predicted octanol–water partition coefficient (Wildman–Crippen LogP) is 1.24. The molecule has 6 nitrogen and oxygen atoms in total. The van der Waals surface area contributed by atoms with Crippen LogP contribution in [0.3, 0.4) is 0 Å². The Labute approximate surface area is 102 Å². The van der Waals surface area contributed by atoms with Gasteiger partial charge in [-0.05, 0) is 19.1 Å². The molecule has 17 heavy (non-hydrogen) atoms. The van der Waals surface area contributed by atoms with Gasteiger partial charge in [0.1, 0.15) is 11.6 Å². The number of thioether (sulfide) groups is 1. The summed E-state index contributed by atoms with van der Waals surface area (Å²) >= 11 is 1.28. The number of nitrogens with zero attached hydrogens (tertiary/aromatic N) is 3. The van der Waals surface area contributed by atoms with E-state index in [9.17, 15) is 4.79 Å². The van der Waals surface area contributed by atoms with Crippen LogP contribution in [-0.2, 0) is 4.79 Å². The Kier molecular flexibility index (Phi) is 3.71. The van der Waals surface area contributed by atoms with E-state index in [2.05, 4.69) is 25.5 Å². The summed E-state index contributed by atoms with van der Waals surface area (Å²) in [4.78, 5) is 19.6. The lowest BCUT2D eigenvalue weighted by Gasteiger charge is -2.01. The average Bonchev–Trinajstić information content (AvgIpc) is 2.74. The van der Waals surface area contributed by atoms with Gasteiger partial charge in [-0.2, -0.15) is 0 Å². The van der Waals surface area contributed by atoms with Crippen molar-refractivity contribution >= 4 is 23.5 Å². The van der Waals surface area contributed by atoms with E-state index in [4.69, 9.17) is 0 Å². The zero-order chi connectivity index (χ0) is 12.1. The first-order valence-corrected chi connectivity index (χ1v) is 5.95. The smallest absolute Gasteiger partial charge is 0.236 e. The number of H-pyrrole nitrogens is 1. The summed E-state index contributed by atoms with van der Waals surface area (Å²) in [5, 5.41) is 9.89. The van der Waals surface area contributed by atoms with Gasteiger partial charge in [0.05, 0.1) is 5.75 Å². The molecule has 0 aliphatic carbocycles. The number of amides is 1. The van der Waals surface area contributed by atoms with E-state index in [0.29, 0.717) is 11.0 Å². The largest absolute Gasteiger partial charge is 0.310 e. The second kappa shape index (κ2) is 5.44. The first kappa shape index (κ1) is 11.6. The van der Waals surface area contributed by atoms with E-state index in [-0.39, 0.29) is 11.7 Å². The molecule has 0 saturated heterocycles. The minimum Gasteiger partial charge on any atom is -0.310 e. The fourth-order valence-corrected chi connectivity index (χ4v) is 1.78. The van der Waals surface area contributed by atoms with Crippen LogP contribution in [0, 0.1) is 6.92 Å². The number of rotatable bonds is 4. The van der Waals surface area contributed by atoms with Gasteiger partial charge in [0.15, 0.2) is 0 Å². The molecule has 0 aromatic carbocycles. The third-order valence-electron chi connectivity index (χ3n) is 1.84. The number of pyridine rings is 1. The molecule has 0 spiro atoms. The molecule has 0 aliphatic heterocycles. The fraction of sp³-hybridized carbons (Fsp3) is 0.200. The van der Waals surface area contributed by atoms with Crippen molar-refractivity contribution in [1.29, 1.82) is 0 Å². The molecule has 0 radical (unpaired) electrons. The van der Waals surface area contributed by atoms with Gasteiger partial charge in [-0.15, -0.1) is 5.10 Å². The maximum absolute atomic E-state index is 11.6. The molecule has 2 heterocycles. The zero-order valence-corrected chi connectivity index (χ0v) is 9.99.